The minimum absolute atomic E-state index is 0.0808. The van der Waals surface area contributed by atoms with Gasteiger partial charge in [0.15, 0.2) is 0 Å². The third-order valence-corrected chi connectivity index (χ3v) is 8.89. The van der Waals surface area contributed by atoms with Crippen molar-refractivity contribution in [2.24, 2.45) is 0 Å². The third kappa shape index (κ3) is 6.47. The molecule has 1 aromatic carbocycles. The van der Waals surface area contributed by atoms with Crippen LogP contribution in [0.25, 0.3) is 9.78 Å². The number of aromatic nitrogens is 1. The molecule has 2 rings (SSSR count). The van der Waals surface area contributed by atoms with Crippen LogP contribution in [0.1, 0.15) is 12.8 Å². The van der Waals surface area contributed by atoms with E-state index in [1.54, 1.807) is 0 Å². The van der Waals surface area contributed by atoms with Crippen LogP contribution < -0.4 is 4.57 Å². The van der Waals surface area contributed by atoms with Gasteiger partial charge in [0.05, 0.1) is 0 Å². The van der Waals surface area contributed by atoms with Crippen molar-refractivity contribution < 1.29 is 30.5 Å². The van der Waals surface area contributed by atoms with Gasteiger partial charge in [0.1, 0.15) is 0 Å². The molecule has 0 aliphatic rings. The number of thioether (sulfide) groups is 1. The van der Waals surface area contributed by atoms with E-state index in [0.29, 0.717) is 25.1 Å². The van der Waals surface area contributed by atoms with E-state index >= 15 is 0 Å². The number of fused-ring (bicyclic) bond motifs is 1. The zero-order valence-corrected chi connectivity index (χ0v) is 16.8. The van der Waals surface area contributed by atoms with Gasteiger partial charge in [-0.05, 0) is 0 Å². The molecule has 0 atom stereocenters. The van der Waals surface area contributed by atoms with Crippen molar-refractivity contribution in [3.8, 4) is 0 Å². The molecular formula is C13H18NO6S3Se+. The van der Waals surface area contributed by atoms with E-state index < -0.39 is 20.2 Å². The average Bonchev–Trinajstić information content (AvgIpc) is 2.80. The Morgan fingerprint density at radius 2 is 1.62 bits per heavy atom. The fourth-order valence-electron chi connectivity index (χ4n) is 2.14. The van der Waals surface area contributed by atoms with E-state index in [4.69, 9.17) is 9.11 Å². The molecule has 0 bridgehead atoms. The number of hydrogen-bond acceptors (Lipinski definition) is 5. The first kappa shape index (κ1) is 19.9. The Balaban J connectivity index is 2.11. The summed E-state index contributed by atoms with van der Waals surface area (Å²) < 4.78 is 65.2. The molecule has 0 saturated heterocycles. The fraction of sp³-hybridized carbons (Fsp3) is 0.462. The molecule has 1 aromatic heterocycles. The van der Waals surface area contributed by atoms with E-state index in [1.165, 1.54) is 16.0 Å². The van der Waals surface area contributed by atoms with Crippen LogP contribution in [0.2, 0.25) is 0 Å². The van der Waals surface area contributed by atoms with Gasteiger partial charge in [-0.1, -0.05) is 0 Å². The second-order valence-electron chi connectivity index (χ2n) is 5.11. The van der Waals surface area contributed by atoms with Crippen molar-refractivity contribution in [3.05, 3.63) is 24.3 Å². The predicted octanol–water partition coefficient (Wildman–Crippen LogP) is 0.832. The molecule has 0 saturated carbocycles. The molecule has 0 unspecified atom stereocenters. The first-order valence-corrected chi connectivity index (χ1v) is 13.0. The van der Waals surface area contributed by atoms with Crippen molar-refractivity contribution in [2.75, 3.05) is 17.3 Å². The van der Waals surface area contributed by atoms with Crippen LogP contribution in [-0.2, 0) is 26.8 Å². The van der Waals surface area contributed by atoms with E-state index in [-0.39, 0.29) is 26.0 Å². The van der Waals surface area contributed by atoms with Gasteiger partial charge >= 0.3 is 152 Å². The molecule has 0 spiro atoms. The molecule has 0 aliphatic carbocycles. The van der Waals surface area contributed by atoms with Gasteiger partial charge in [-0.15, -0.1) is 0 Å². The Kier molecular flexibility index (Phi) is 6.89. The summed E-state index contributed by atoms with van der Waals surface area (Å²) in [5.41, 5.74) is 1.03. The molecule has 134 valence electrons. The topological polar surface area (TPSA) is 113 Å². The van der Waals surface area contributed by atoms with E-state index in [2.05, 4.69) is 0 Å². The molecule has 0 radical (unpaired) electrons. The maximum atomic E-state index is 10.9. The number of aryl methyl sites for hydroxylation is 1. The molecule has 2 N–H and O–H groups in total. The van der Waals surface area contributed by atoms with Crippen molar-refractivity contribution in [1.29, 1.82) is 0 Å². The van der Waals surface area contributed by atoms with Crippen LogP contribution in [0.15, 0.2) is 28.2 Å². The van der Waals surface area contributed by atoms with Gasteiger partial charge in [-0.25, -0.2) is 0 Å². The zero-order valence-electron chi connectivity index (χ0n) is 12.7. The zero-order chi connectivity index (χ0) is 17.8. The first-order chi connectivity index (χ1) is 11.2. The van der Waals surface area contributed by atoms with Crippen molar-refractivity contribution in [3.63, 3.8) is 0 Å². The van der Waals surface area contributed by atoms with Gasteiger partial charge < -0.3 is 0 Å². The quantitative estimate of drug-likeness (QED) is 0.188. The van der Waals surface area contributed by atoms with Gasteiger partial charge in [0.2, 0.25) is 0 Å². The predicted molar refractivity (Wildman–Crippen MR) is 93.9 cm³/mol. The Hall–Kier alpha value is -0.421. The monoisotopic (exact) mass is 460 g/mol. The van der Waals surface area contributed by atoms with Crippen LogP contribution in [-0.4, -0.2) is 57.7 Å². The summed E-state index contributed by atoms with van der Waals surface area (Å²) in [7, 11) is -7.92. The number of benzene rings is 1. The van der Waals surface area contributed by atoms with Crippen LogP contribution in [0.5, 0.6) is 0 Å². The van der Waals surface area contributed by atoms with Gasteiger partial charge in [0, 0.05) is 0 Å². The summed E-state index contributed by atoms with van der Waals surface area (Å²) in [6, 6.07) is 7.85. The van der Waals surface area contributed by atoms with Crippen molar-refractivity contribution >= 4 is 56.3 Å². The summed E-state index contributed by atoms with van der Waals surface area (Å²) in [6.07, 6.45) is 0.649. The molecule has 11 heteroatoms. The third-order valence-electron chi connectivity index (χ3n) is 3.13. The molecule has 0 fully saturated rings. The summed E-state index contributed by atoms with van der Waals surface area (Å²) in [5, 5.41) is 0. The summed E-state index contributed by atoms with van der Waals surface area (Å²) in [6.45, 7) is 0.471. The van der Waals surface area contributed by atoms with Gasteiger partial charge in [-0.2, -0.15) is 0 Å². The Morgan fingerprint density at radius 1 is 1.00 bits per heavy atom. The summed E-state index contributed by atoms with van der Waals surface area (Å²) >= 11 is 1.61. The van der Waals surface area contributed by atoms with Crippen molar-refractivity contribution in [2.45, 2.75) is 23.3 Å². The summed E-state index contributed by atoms with van der Waals surface area (Å²) in [5.74, 6) is -0.00495. The Labute approximate surface area is 151 Å². The Bertz CT molecular complexity index is 907. The van der Waals surface area contributed by atoms with Crippen LogP contribution >= 0.6 is 11.8 Å². The molecule has 24 heavy (non-hydrogen) atoms. The van der Waals surface area contributed by atoms with Gasteiger partial charge in [0.25, 0.3) is 0 Å². The standard InChI is InChI=1S/C13H17NO6S3Se/c15-22(16,17)9-3-7-14-11-5-1-2-6-12(11)24-13(14)21-8-4-10-23(18,19)20/h1-2,5-6H,3-4,7-10H2,(H-,15,16,17,18,19,20)/p+1. The molecule has 1 heterocycles. The molecular weight excluding hydrogens is 441 g/mol. The van der Waals surface area contributed by atoms with Crippen LogP contribution in [0.4, 0.5) is 0 Å². The number of para-hydroxylation sites is 1. The fourth-order valence-corrected chi connectivity index (χ4v) is 7.48. The molecule has 2 aromatic rings. The number of rotatable bonds is 9. The van der Waals surface area contributed by atoms with Gasteiger partial charge in [-0.3, -0.25) is 0 Å². The second kappa shape index (κ2) is 8.31. The van der Waals surface area contributed by atoms with E-state index in [0.717, 1.165) is 9.42 Å². The number of hydrogen-bond donors (Lipinski definition) is 2. The summed E-state index contributed by atoms with van der Waals surface area (Å²) in [4.78, 5) is 0. The molecule has 0 aliphatic heterocycles. The Morgan fingerprint density at radius 3 is 2.29 bits per heavy atom. The normalized spacial score (nSPS) is 12.8. The second-order valence-corrected chi connectivity index (χ2v) is 12.1. The minimum atomic E-state index is -3.98. The van der Waals surface area contributed by atoms with Crippen LogP contribution in [0, 0.1) is 0 Å². The molecule has 7 nitrogen and oxygen atoms in total. The maximum absolute atomic E-state index is 10.9. The van der Waals surface area contributed by atoms with Crippen LogP contribution in [0.3, 0.4) is 0 Å². The average molecular weight is 459 g/mol. The van der Waals surface area contributed by atoms with Crippen molar-refractivity contribution in [1.82, 2.24) is 0 Å². The SMILES string of the molecule is O=S(=O)(O)CCCSc1[se]c2ccccc2[n+]1CCCS(=O)(=O)O. The number of nitrogens with zero attached hydrogens (tertiary/aromatic N) is 1. The first-order valence-electron chi connectivity index (χ1n) is 7.10. The van der Waals surface area contributed by atoms with E-state index in [1.807, 2.05) is 28.8 Å². The molecule has 0 amide bonds. The van der Waals surface area contributed by atoms with E-state index in [9.17, 15) is 16.8 Å².